The minimum Gasteiger partial charge on any atom is -0.497 e. The summed E-state index contributed by atoms with van der Waals surface area (Å²) in [5.74, 6) is 0.795. The summed E-state index contributed by atoms with van der Waals surface area (Å²) in [6.07, 6.45) is 1.73. The highest BCUT2D eigenvalue weighted by atomic mass is 16.5. The van der Waals surface area contributed by atoms with Crippen LogP contribution in [0.1, 0.15) is 5.56 Å². The Bertz CT molecular complexity index is 551. The topological polar surface area (TPSA) is 41.5 Å². The fourth-order valence-electron chi connectivity index (χ4n) is 2.10. The molecule has 0 bridgehead atoms. The number of rotatable bonds is 6. The van der Waals surface area contributed by atoms with Crippen molar-refractivity contribution in [2.24, 2.45) is 0 Å². The van der Waals surface area contributed by atoms with Crippen LogP contribution in [-0.4, -0.2) is 18.8 Å². The van der Waals surface area contributed by atoms with Crippen LogP contribution in [0.2, 0.25) is 0 Å². The number of nitrogens with one attached hydrogen (secondary N) is 1. The van der Waals surface area contributed by atoms with E-state index in [2.05, 4.69) is 11.9 Å². The van der Waals surface area contributed by atoms with Crippen LogP contribution in [0.25, 0.3) is 0 Å². The fraction of sp³-hybridized carbons (Fsp3) is 0.176. The van der Waals surface area contributed by atoms with Crippen LogP contribution in [0.15, 0.2) is 67.3 Å². The molecular weight excluding hydrogens is 250 g/mol. The second-order valence-electron chi connectivity index (χ2n) is 4.55. The average Bonchev–Trinajstić information content (AvgIpc) is 2.54. The lowest BCUT2D eigenvalue weighted by atomic mass is 9.90. The highest BCUT2D eigenvalue weighted by Gasteiger charge is 2.27. The van der Waals surface area contributed by atoms with Gasteiger partial charge in [0.1, 0.15) is 11.3 Å². The highest BCUT2D eigenvalue weighted by Crippen LogP contribution is 2.28. The number of aliphatic hydroxyl groups is 1. The molecule has 0 saturated heterocycles. The first-order valence-corrected chi connectivity index (χ1v) is 6.46. The van der Waals surface area contributed by atoms with E-state index in [-0.39, 0.29) is 6.61 Å². The molecule has 0 saturated carbocycles. The summed E-state index contributed by atoms with van der Waals surface area (Å²) in [5.41, 5.74) is 1.16. The van der Waals surface area contributed by atoms with Crippen molar-refractivity contribution in [3.8, 4) is 5.75 Å². The van der Waals surface area contributed by atoms with Crippen molar-refractivity contribution in [2.75, 3.05) is 19.0 Å². The second kappa shape index (κ2) is 6.26. The molecular formula is C17H19NO2. The summed E-state index contributed by atoms with van der Waals surface area (Å²) in [5, 5.41) is 13.2. The number of hydrogen-bond acceptors (Lipinski definition) is 3. The lowest BCUT2D eigenvalue weighted by Gasteiger charge is -2.31. The third-order valence-corrected chi connectivity index (χ3v) is 3.34. The van der Waals surface area contributed by atoms with Crippen molar-refractivity contribution < 1.29 is 9.84 Å². The van der Waals surface area contributed by atoms with Gasteiger partial charge >= 0.3 is 0 Å². The molecule has 2 N–H and O–H groups in total. The van der Waals surface area contributed by atoms with E-state index in [9.17, 15) is 5.11 Å². The van der Waals surface area contributed by atoms with E-state index < -0.39 is 5.54 Å². The second-order valence-corrected chi connectivity index (χ2v) is 4.55. The molecule has 0 aliphatic carbocycles. The van der Waals surface area contributed by atoms with Crippen molar-refractivity contribution in [1.29, 1.82) is 0 Å². The van der Waals surface area contributed by atoms with Crippen molar-refractivity contribution in [3.63, 3.8) is 0 Å². The molecule has 0 heterocycles. The minimum atomic E-state index is -0.699. The molecule has 2 aromatic rings. The van der Waals surface area contributed by atoms with Crippen LogP contribution in [0.4, 0.5) is 5.69 Å². The number of anilines is 1. The molecule has 3 heteroatoms. The number of hydrogen-bond donors (Lipinski definition) is 2. The Morgan fingerprint density at radius 1 is 1.15 bits per heavy atom. The predicted molar refractivity (Wildman–Crippen MR) is 82.0 cm³/mol. The standard InChI is InChI=1S/C17H19NO2/c1-3-17(13-19,14-7-5-4-6-8-14)18-15-9-11-16(20-2)12-10-15/h3-12,18-19H,1,13H2,2H3/t17-/m1/s1. The lowest BCUT2D eigenvalue weighted by Crippen LogP contribution is -2.36. The summed E-state index contributed by atoms with van der Waals surface area (Å²) in [4.78, 5) is 0. The monoisotopic (exact) mass is 269 g/mol. The van der Waals surface area contributed by atoms with Gasteiger partial charge in [0.2, 0.25) is 0 Å². The van der Waals surface area contributed by atoms with Gasteiger partial charge in [-0.15, -0.1) is 6.58 Å². The summed E-state index contributed by atoms with van der Waals surface area (Å²) in [6, 6.07) is 17.3. The quantitative estimate of drug-likeness (QED) is 0.791. The van der Waals surface area contributed by atoms with E-state index in [1.807, 2.05) is 54.6 Å². The molecule has 0 aromatic heterocycles. The molecule has 0 aliphatic rings. The number of methoxy groups -OCH3 is 1. The van der Waals surface area contributed by atoms with Crippen LogP contribution in [0.5, 0.6) is 5.75 Å². The molecule has 0 aliphatic heterocycles. The first-order chi connectivity index (χ1) is 9.74. The van der Waals surface area contributed by atoms with E-state index in [0.717, 1.165) is 17.0 Å². The van der Waals surface area contributed by atoms with E-state index in [0.29, 0.717) is 0 Å². The number of ether oxygens (including phenoxy) is 1. The third-order valence-electron chi connectivity index (χ3n) is 3.34. The van der Waals surface area contributed by atoms with Gasteiger partial charge in [-0.2, -0.15) is 0 Å². The molecule has 0 radical (unpaired) electrons. The third kappa shape index (κ3) is 2.83. The van der Waals surface area contributed by atoms with Gasteiger partial charge in [0.15, 0.2) is 0 Å². The molecule has 0 unspecified atom stereocenters. The van der Waals surface area contributed by atoms with Gasteiger partial charge in [-0.05, 0) is 29.8 Å². The van der Waals surface area contributed by atoms with Gasteiger partial charge in [-0.25, -0.2) is 0 Å². The van der Waals surface area contributed by atoms with Gasteiger partial charge in [-0.1, -0.05) is 36.4 Å². The molecule has 0 spiro atoms. The minimum absolute atomic E-state index is 0.0768. The maximum atomic E-state index is 9.83. The fourth-order valence-corrected chi connectivity index (χ4v) is 2.10. The van der Waals surface area contributed by atoms with Crippen LogP contribution >= 0.6 is 0 Å². The van der Waals surface area contributed by atoms with E-state index >= 15 is 0 Å². The zero-order valence-electron chi connectivity index (χ0n) is 11.5. The molecule has 2 aromatic carbocycles. The Kier molecular flexibility index (Phi) is 4.43. The van der Waals surface area contributed by atoms with Crippen molar-refractivity contribution in [2.45, 2.75) is 5.54 Å². The van der Waals surface area contributed by atoms with Gasteiger partial charge in [0, 0.05) is 5.69 Å². The zero-order chi connectivity index (χ0) is 14.4. The summed E-state index contributed by atoms with van der Waals surface area (Å²) in [7, 11) is 1.63. The Hall–Kier alpha value is -2.26. The Morgan fingerprint density at radius 2 is 1.80 bits per heavy atom. The predicted octanol–water partition coefficient (Wildman–Crippen LogP) is 3.18. The van der Waals surface area contributed by atoms with Gasteiger partial charge in [0.05, 0.1) is 13.7 Å². The molecule has 0 fully saturated rings. The largest absolute Gasteiger partial charge is 0.497 e. The maximum Gasteiger partial charge on any atom is 0.119 e. The number of benzene rings is 2. The van der Waals surface area contributed by atoms with Crippen molar-refractivity contribution >= 4 is 5.69 Å². The molecule has 104 valence electrons. The van der Waals surface area contributed by atoms with E-state index in [4.69, 9.17) is 4.74 Å². The molecule has 20 heavy (non-hydrogen) atoms. The van der Waals surface area contributed by atoms with Crippen LogP contribution < -0.4 is 10.1 Å². The van der Waals surface area contributed by atoms with Crippen LogP contribution in [0, 0.1) is 0 Å². The van der Waals surface area contributed by atoms with Crippen LogP contribution in [0.3, 0.4) is 0 Å². The SMILES string of the molecule is C=C[C@](CO)(Nc1ccc(OC)cc1)c1ccccc1. The van der Waals surface area contributed by atoms with Gasteiger partial charge < -0.3 is 15.2 Å². The smallest absolute Gasteiger partial charge is 0.119 e. The number of aliphatic hydroxyl groups excluding tert-OH is 1. The lowest BCUT2D eigenvalue weighted by molar-refractivity contribution is 0.241. The summed E-state index contributed by atoms with van der Waals surface area (Å²) in [6.45, 7) is 3.79. The van der Waals surface area contributed by atoms with Gasteiger partial charge in [-0.3, -0.25) is 0 Å². The maximum absolute atomic E-state index is 9.83. The zero-order valence-corrected chi connectivity index (χ0v) is 11.5. The normalized spacial score (nSPS) is 13.3. The van der Waals surface area contributed by atoms with Crippen molar-refractivity contribution in [1.82, 2.24) is 0 Å². The molecule has 0 amide bonds. The molecule has 3 nitrogen and oxygen atoms in total. The summed E-state index contributed by atoms with van der Waals surface area (Å²) < 4.78 is 5.14. The average molecular weight is 269 g/mol. The Labute approximate surface area is 119 Å². The van der Waals surface area contributed by atoms with Gasteiger partial charge in [0.25, 0.3) is 0 Å². The molecule has 2 rings (SSSR count). The van der Waals surface area contributed by atoms with E-state index in [1.165, 1.54) is 0 Å². The highest BCUT2D eigenvalue weighted by molar-refractivity contribution is 5.52. The first kappa shape index (κ1) is 14.2. The summed E-state index contributed by atoms with van der Waals surface area (Å²) >= 11 is 0. The van der Waals surface area contributed by atoms with E-state index in [1.54, 1.807) is 13.2 Å². The first-order valence-electron chi connectivity index (χ1n) is 6.46. The van der Waals surface area contributed by atoms with Crippen LogP contribution in [-0.2, 0) is 5.54 Å². The molecule has 1 atom stereocenters. The van der Waals surface area contributed by atoms with Crippen molar-refractivity contribution in [3.05, 3.63) is 72.8 Å². The Balaban J connectivity index is 2.31. The Morgan fingerprint density at radius 3 is 2.30 bits per heavy atom.